The van der Waals surface area contributed by atoms with E-state index in [1.165, 1.54) is 34.2 Å². The van der Waals surface area contributed by atoms with Crippen LogP contribution in [0.4, 0.5) is 0 Å². The van der Waals surface area contributed by atoms with E-state index in [-0.39, 0.29) is 0 Å². The summed E-state index contributed by atoms with van der Waals surface area (Å²) in [5, 5.41) is 0. The fourth-order valence-corrected chi connectivity index (χ4v) is 5.70. The molecule has 0 fully saturated rings. The van der Waals surface area contributed by atoms with Gasteiger partial charge in [-0.15, -0.1) is 0 Å². The molecule has 5 rings (SSSR count). The molecule has 1 unspecified atom stereocenters. The number of nitrogens with zero attached hydrogens (tertiary/aromatic N) is 2. The molecule has 2 aromatic carbocycles. The van der Waals surface area contributed by atoms with Crippen molar-refractivity contribution in [1.82, 2.24) is 9.97 Å². The number of aromatic nitrogens is 2. The Balaban J connectivity index is 1.74. The normalized spacial score (nSPS) is 14.8. The summed E-state index contributed by atoms with van der Waals surface area (Å²) < 4.78 is 0. The van der Waals surface area contributed by atoms with Crippen LogP contribution in [-0.2, 0) is 5.41 Å². The van der Waals surface area contributed by atoms with Crippen molar-refractivity contribution < 1.29 is 0 Å². The predicted octanol–water partition coefficient (Wildman–Crippen LogP) is 7.63. The molecule has 0 bridgehead atoms. The third-order valence-electron chi connectivity index (χ3n) is 7.16. The minimum absolute atomic E-state index is 0.418. The number of hydrogen-bond donors (Lipinski definition) is 0. The Morgan fingerprint density at radius 3 is 1.70 bits per heavy atom. The van der Waals surface area contributed by atoms with Gasteiger partial charge >= 0.3 is 0 Å². The summed E-state index contributed by atoms with van der Waals surface area (Å²) in [6.07, 6.45) is 4.96. The summed E-state index contributed by atoms with van der Waals surface area (Å²) in [4.78, 5) is 9.57. The molecule has 1 atom stereocenters. The van der Waals surface area contributed by atoms with Gasteiger partial charge in [-0.25, -0.2) is 0 Å². The first-order valence-electron chi connectivity index (χ1n) is 12.1. The highest BCUT2D eigenvalue weighted by Gasteiger charge is 2.47. The molecule has 0 saturated carbocycles. The smallest absolute Gasteiger partial charge is 0.0937 e. The van der Waals surface area contributed by atoms with Crippen molar-refractivity contribution in [3.05, 3.63) is 119 Å². The molecule has 33 heavy (non-hydrogen) atoms. The lowest BCUT2D eigenvalue weighted by Gasteiger charge is -2.33. The molecule has 2 aromatic heterocycles. The molecule has 2 nitrogen and oxygen atoms in total. The molecule has 0 spiro atoms. The van der Waals surface area contributed by atoms with Crippen LogP contribution in [0, 0.1) is 11.8 Å². The maximum Gasteiger partial charge on any atom is 0.0937 e. The summed E-state index contributed by atoms with van der Waals surface area (Å²) in [5.41, 5.74) is 7.92. The molecule has 2 heteroatoms. The third kappa shape index (κ3) is 3.49. The van der Waals surface area contributed by atoms with E-state index >= 15 is 0 Å². The largest absolute Gasteiger partial charge is 0.254 e. The Morgan fingerprint density at radius 2 is 1.18 bits per heavy atom. The standard InChI is InChI=1S/C31H32N2/c1-21(2)20-26(22(3)4)23-14-16-25(17-15-23)31(24-10-6-5-7-11-24)27-12-8-18-32-29(27)30-28(31)13-9-19-33-30/h5-19,21-22,26H,20H2,1-4H3. The van der Waals surface area contributed by atoms with Crippen LogP contribution in [-0.4, -0.2) is 9.97 Å². The van der Waals surface area contributed by atoms with Crippen LogP contribution in [0.15, 0.2) is 91.3 Å². The van der Waals surface area contributed by atoms with E-state index in [0.29, 0.717) is 17.8 Å². The third-order valence-corrected chi connectivity index (χ3v) is 7.16. The van der Waals surface area contributed by atoms with Crippen molar-refractivity contribution in [2.45, 2.75) is 45.4 Å². The number of fused-ring (bicyclic) bond motifs is 3. The highest BCUT2D eigenvalue weighted by atomic mass is 14.8. The average molecular weight is 433 g/mol. The molecule has 0 N–H and O–H groups in total. The van der Waals surface area contributed by atoms with Crippen LogP contribution in [0.25, 0.3) is 11.4 Å². The van der Waals surface area contributed by atoms with Crippen LogP contribution in [0.3, 0.4) is 0 Å². The number of rotatable bonds is 6. The van der Waals surface area contributed by atoms with Gasteiger partial charge in [0, 0.05) is 12.4 Å². The van der Waals surface area contributed by atoms with E-state index in [4.69, 9.17) is 9.97 Å². The lowest BCUT2D eigenvalue weighted by atomic mass is 9.67. The van der Waals surface area contributed by atoms with E-state index in [0.717, 1.165) is 11.4 Å². The SMILES string of the molecule is CC(C)CC(c1ccc(C2(c3ccccc3)c3cccnc3-c3ncccc32)cc1)C(C)C. The van der Waals surface area contributed by atoms with Crippen LogP contribution in [0.2, 0.25) is 0 Å². The van der Waals surface area contributed by atoms with Gasteiger partial charge in [0.05, 0.1) is 16.8 Å². The molecule has 1 aliphatic rings. The molecule has 0 amide bonds. The first-order chi connectivity index (χ1) is 16.0. The minimum Gasteiger partial charge on any atom is -0.254 e. The van der Waals surface area contributed by atoms with E-state index in [9.17, 15) is 0 Å². The molecule has 1 aliphatic carbocycles. The maximum atomic E-state index is 4.79. The summed E-state index contributed by atoms with van der Waals surface area (Å²) in [7, 11) is 0. The van der Waals surface area contributed by atoms with Gasteiger partial charge in [-0.05, 0) is 64.1 Å². The molecule has 0 radical (unpaired) electrons. The van der Waals surface area contributed by atoms with Gasteiger partial charge in [0.25, 0.3) is 0 Å². The van der Waals surface area contributed by atoms with E-state index in [1.807, 2.05) is 24.5 Å². The summed E-state index contributed by atoms with van der Waals surface area (Å²) >= 11 is 0. The highest BCUT2D eigenvalue weighted by Crippen LogP contribution is 2.54. The molecule has 4 aromatic rings. The Kier molecular flexibility index (Phi) is 5.62. The van der Waals surface area contributed by atoms with Crippen LogP contribution in [0.5, 0.6) is 0 Å². The van der Waals surface area contributed by atoms with Gasteiger partial charge in [-0.3, -0.25) is 9.97 Å². The van der Waals surface area contributed by atoms with Crippen molar-refractivity contribution in [3.8, 4) is 11.4 Å². The molecule has 2 heterocycles. The monoisotopic (exact) mass is 432 g/mol. The molecular weight excluding hydrogens is 400 g/mol. The fraction of sp³-hybridized carbons (Fsp3) is 0.290. The second-order valence-corrected chi connectivity index (χ2v) is 10.0. The topological polar surface area (TPSA) is 25.8 Å². The zero-order valence-electron chi connectivity index (χ0n) is 20.0. The van der Waals surface area contributed by atoms with Gasteiger partial charge in [-0.2, -0.15) is 0 Å². The molecule has 0 saturated heterocycles. The van der Waals surface area contributed by atoms with Crippen molar-refractivity contribution in [1.29, 1.82) is 0 Å². The lowest BCUT2D eigenvalue weighted by molar-refractivity contribution is 0.408. The quantitative estimate of drug-likeness (QED) is 0.276. The number of hydrogen-bond acceptors (Lipinski definition) is 2. The van der Waals surface area contributed by atoms with Crippen molar-refractivity contribution in [2.75, 3.05) is 0 Å². The van der Waals surface area contributed by atoms with Gasteiger partial charge in [0.15, 0.2) is 0 Å². The van der Waals surface area contributed by atoms with Crippen LogP contribution >= 0.6 is 0 Å². The van der Waals surface area contributed by atoms with Crippen molar-refractivity contribution >= 4 is 0 Å². The van der Waals surface area contributed by atoms with E-state index in [2.05, 4.69) is 94.4 Å². The average Bonchev–Trinajstić information content (AvgIpc) is 3.14. The second kappa shape index (κ2) is 8.59. The Bertz CT molecular complexity index is 1190. The van der Waals surface area contributed by atoms with E-state index < -0.39 is 5.41 Å². The van der Waals surface area contributed by atoms with Crippen LogP contribution < -0.4 is 0 Å². The number of pyridine rings is 2. The lowest BCUT2D eigenvalue weighted by Crippen LogP contribution is -2.28. The van der Waals surface area contributed by atoms with Gasteiger partial charge in [0.1, 0.15) is 0 Å². The van der Waals surface area contributed by atoms with E-state index in [1.54, 1.807) is 0 Å². The predicted molar refractivity (Wildman–Crippen MR) is 136 cm³/mol. The minimum atomic E-state index is -0.418. The van der Waals surface area contributed by atoms with Crippen molar-refractivity contribution in [3.63, 3.8) is 0 Å². The fourth-order valence-electron chi connectivity index (χ4n) is 5.70. The van der Waals surface area contributed by atoms with Crippen LogP contribution in [0.1, 0.15) is 67.9 Å². The Hall–Kier alpha value is -3.26. The molecule has 0 aliphatic heterocycles. The van der Waals surface area contributed by atoms with Gasteiger partial charge in [0.2, 0.25) is 0 Å². The molecule has 166 valence electrons. The second-order valence-electron chi connectivity index (χ2n) is 10.0. The summed E-state index contributed by atoms with van der Waals surface area (Å²) in [6.45, 7) is 9.32. The zero-order valence-corrected chi connectivity index (χ0v) is 20.0. The Morgan fingerprint density at radius 1 is 0.636 bits per heavy atom. The highest BCUT2D eigenvalue weighted by molar-refractivity contribution is 5.81. The first-order valence-corrected chi connectivity index (χ1v) is 12.1. The summed E-state index contributed by atoms with van der Waals surface area (Å²) in [6, 6.07) is 28.8. The molecular formula is C31H32N2. The first kappa shape index (κ1) is 21.6. The zero-order chi connectivity index (χ0) is 23.0. The van der Waals surface area contributed by atoms with Gasteiger partial charge in [-0.1, -0.05) is 94.4 Å². The van der Waals surface area contributed by atoms with Gasteiger partial charge < -0.3 is 0 Å². The number of benzene rings is 2. The Labute approximate surface area is 197 Å². The summed E-state index contributed by atoms with van der Waals surface area (Å²) in [5.74, 6) is 1.86. The van der Waals surface area contributed by atoms with Crippen molar-refractivity contribution in [2.24, 2.45) is 11.8 Å². The maximum absolute atomic E-state index is 4.79.